The van der Waals surface area contributed by atoms with Gasteiger partial charge in [0.2, 0.25) is 0 Å². The highest BCUT2D eigenvalue weighted by Gasteiger charge is 2.18. The van der Waals surface area contributed by atoms with E-state index in [0.717, 1.165) is 36.1 Å². The lowest BCUT2D eigenvalue weighted by Crippen LogP contribution is -2.35. The monoisotopic (exact) mass is 363 g/mol. The molecule has 1 amide bonds. The lowest BCUT2D eigenvalue weighted by molar-refractivity contribution is -0.124. The van der Waals surface area contributed by atoms with Gasteiger partial charge in [-0.25, -0.2) is 4.79 Å². The summed E-state index contributed by atoms with van der Waals surface area (Å²) in [5.74, 6) is -0.702. The molecule has 3 rings (SSSR count). The number of hydrogen-bond acceptors (Lipinski definition) is 4. The average molecular weight is 364 g/mol. The number of carbonyl (C=O) groups is 2. The van der Waals surface area contributed by atoms with Crippen LogP contribution in [0.5, 0.6) is 0 Å². The number of rotatable bonds is 5. The van der Waals surface area contributed by atoms with Crippen molar-refractivity contribution in [2.45, 2.75) is 31.7 Å². The van der Waals surface area contributed by atoms with E-state index in [-0.39, 0.29) is 18.6 Å². The zero-order chi connectivity index (χ0) is 16.9. The number of halogens is 1. The second kappa shape index (κ2) is 7.81. The van der Waals surface area contributed by atoms with E-state index in [1.54, 1.807) is 6.07 Å². The summed E-state index contributed by atoms with van der Waals surface area (Å²) in [6.07, 6.45) is 4.31. The molecule has 24 heavy (non-hydrogen) atoms. The van der Waals surface area contributed by atoms with E-state index in [9.17, 15) is 9.59 Å². The Morgan fingerprint density at radius 1 is 1.12 bits per heavy atom. The van der Waals surface area contributed by atoms with Crippen molar-refractivity contribution in [2.24, 2.45) is 0 Å². The molecule has 4 nitrogen and oxygen atoms in total. The largest absolute Gasteiger partial charge is 0.451 e. The summed E-state index contributed by atoms with van der Waals surface area (Å²) in [6, 6.07) is 11.2. The first-order chi connectivity index (χ1) is 11.6. The van der Waals surface area contributed by atoms with E-state index in [4.69, 9.17) is 16.3 Å². The topological polar surface area (TPSA) is 55.4 Å². The van der Waals surface area contributed by atoms with E-state index < -0.39 is 5.97 Å². The van der Waals surface area contributed by atoms with Crippen molar-refractivity contribution in [3.05, 3.63) is 46.3 Å². The van der Waals surface area contributed by atoms with Gasteiger partial charge in [-0.3, -0.25) is 4.79 Å². The van der Waals surface area contributed by atoms with Crippen molar-refractivity contribution in [1.29, 1.82) is 0 Å². The second-order valence-electron chi connectivity index (χ2n) is 5.80. The number of thiophene rings is 1. The van der Waals surface area contributed by atoms with Gasteiger partial charge in [-0.1, -0.05) is 36.6 Å². The Kier molecular flexibility index (Phi) is 5.53. The van der Waals surface area contributed by atoms with Crippen molar-refractivity contribution < 1.29 is 14.3 Å². The van der Waals surface area contributed by atoms with Crippen LogP contribution in [0.2, 0.25) is 5.02 Å². The van der Waals surface area contributed by atoms with Crippen molar-refractivity contribution in [3.63, 3.8) is 0 Å². The molecule has 1 aliphatic carbocycles. The summed E-state index contributed by atoms with van der Waals surface area (Å²) in [5, 5.41) is 3.57. The minimum absolute atomic E-state index is 0.231. The SMILES string of the molecule is O=C(COC(=O)c1ccc(-c2ccc(Cl)cc2)s1)NC1CCCC1. The Balaban J connectivity index is 1.53. The summed E-state index contributed by atoms with van der Waals surface area (Å²) in [7, 11) is 0. The molecule has 0 saturated heterocycles. The molecule has 0 spiro atoms. The maximum atomic E-state index is 12.1. The summed E-state index contributed by atoms with van der Waals surface area (Å²) in [5.41, 5.74) is 0.988. The fraction of sp³-hybridized carbons (Fsp3) is 0.333. The molecule has 0 radical (unpaired) electrons. The van der Waals surface area contributed by atoms with Crippen LogP contribution in [0.15, 0.2) is 36.4 Å². The maximum absolute atomic E-state index is 12.1. The van der Waals surface area contributed by atoms with E-state index in [1.165, 1.54) is 11.3 Å². The summed E-state index contributed by atoms with van der Waals surface area (Å²) in [6.45, 7) is -0.233. The van der Waals surface area contributed by atoms with Crippen LogP contribution in [0.3, 0.4) is 0 Å². The van der Waals surface area contributed by atoms with Crippen molar-refractivity contribution in [2.75, 3.05) is 6.61 Å². The van der Waals surface area contributed by atoms with Crippen molar-refractivity contribution in [3.8, 4) is 10.4 Å². The van der Waals surface area contributed by atoms with Crippen molar-refractivity contribution >= 4 is 34.8 Å². The Hall–Kier alpha value is -1.85. The van der Waals surface area contributed by atoms with Crippen LogP contribution in [0.25, 0.3) is 10.4 Å². The van der Waals surface area contributed by atoms with Crippen LogP contribution in [0.4, 0.5) is 0 Å². The highest BCUT2D eigenvalue weighted by molar-refractivity contribution is 7.17. The van der Waals surface area contributed by atoms with Gasteiger partial charge in [0.15, 0.2) is 6.61 Å². The average Bonchev–Trinajstić information content (AvgIpc) is 3.25. The number of nitrogens with one attached hydrogen (secondary N) is 1. The standard InChI is InChI=1S/C18H18ClNO3S/c19-13-7-5-12(6-8-13)15-9-10-16(24-15)18(22)23-11-17(21)20-14-3-1-2-4-14/h5-10,14H,1-4,11H2,(H,20,21). The first-order valence-electron chi connectivity index (χ1n) is 7.94. The predicted octanol–water partition coefficient (Wildman–Crippen LogP) is 4.28. The van der Waals surface area contributed by atoms with Gasteiger partial charge in [0.1, 0.15) is 4.88 Å². The van der Waals surface area contributed by atoms with Gasteiger partial charge in [-0.15, -0.1) is 11.3 Å². The maximum Gasteiger partial charge on any atom is 0.348 e. The lowest BCUT2D eigenvalue weighted by Gasteiger charge is -2.11. The molecule has 2 aromatic rings. The number of benzene rings is 1. The quantitative estimate of drug-likeness (QED) is 0.806. The molecule has 6 heteroatoms. The van der Waals surface area contributed by atoms with E-state index in [1.807, 2.05) is 30.3 Å². The molecule has 1 aromatic heterocycles. The van der Waals surface area contributed by atoms with Crippen LogP contribution >= 0.6 is 22.9 Å². The summed E-state index contributed by atoms with van der Waals surface area (Å²) >= 11 is 7.21. The third-order valence-electron chi connectivity index (χ3n) is 3.99. The minimum atomic E-state index is -0.471. The highest BCUT2D eigenvalue weighted by Crippen LogP contribution is 2.29. The van der Waals surface area contributed by atoms with Crippen LogP contribution in [-0.4, -0.2) is 24.5 Å². The molecule has 0 bridgehead atoms. The van der Waals surface area contributed by atoms with Gasteiger partial charge < -0.3 is 10.1 Å². The molecule has 1 N–H and O–H groups in total. The molecule has 0 aliphatic heterocycles. The Bertz CT molecular complexity index is 720. The smallest absolute Gasteiger partial charge is 0.348 e. The number of carbonyl (C=O) groups excluding carboxylic acids is 2. The second-order valence-corrected chi connectivity index (χ2v) is 7.32. The third kappa shape index (κ3) is 4.36. The van der Waals surface area contributed by atoms with Gasteiger partial charge in [-0.2, -0.15) is 0 Å². The normalized spacial score (nSPS) is 14.5. The molecule has 1 aromatic carbocycles. The summed E-state index contributed by atoms with van der Waals surface area (Å²) in [4.78, 5) is 25.3. The van der Waals surface area contributed by atoms with E-state index >= 15 is 0 Å². The van der Waals surface area contributed by atoms with Crippen molar-refractivity contribution in [1.82, 2.24) is 5.32 Å². The molecular weight excluding hydrogens is 346 g/mol. The predicted molar refractivity (Wildman–Crippen MR) is 95.4 cm³/mol. The van der Waals surface area contributed by atoms with E-state index in [0.29, 0.717) is 9.90 Å². The fourth-order valence-corrected chi connectivity index (χ4v) is 3.79. The molecule has 1 heterocycles. The van der Waals surface area contributed by atoms with Crippen LogP contribution in [0, 0.1) is 0 Å². The zero-order valence-electron chi connectivity index (χ0n) is 13.1. The highest BCUT2D eigenvalue weighted by atomic mass is 35.5. The molecule has 0 atom stereocenters. The fourth-order valence-electron chi connectivity index (χ4n) is 2.76. The molecular formula is C18H18ClNO3S. The van der Waals surface area contributed by atoms with Gasteiger partial charge in [-0.05, 0) is 42.7 Å². The summed E-state index contributed by atoms with van der Waals surface area (Å²) < 4.78 is 5.11. The molecule has 1 aliphatic rings. The van der Waals surface area contributed by atoms with E-state index in [2.05, 4.69) is 5.32 Å². The van der Waals surface area contributed by atoms with Gasteiger partial charge in [0.25, 0.3) is 5.91 Å². The number of esters is 1. The number of ether oxygens (including phenoxy) is 1. The van der Waals surface area contributed by atoms with Gasteiger partial charge in [0.05, 0.1) is 0 Å². The number of amides is 1. The first kappa shape index (κ1) is 17.0. The Labute approximate surface area is 149 Å². The molecule has 1 fully saturated rings. The van der Waals surface area contributed by atoms with Crippen LogP contribution < -0.4 is 5.32 Å². The Morgan fingerprint density at radius 3 is 2.54 bits per heavy atom. The van der Waals surface area contributed by atoms with Crippen LogP contribution in [0.1, 0.15) is 35.4 Å². The lowest BCUT2D eigenvalue weighted by atomic mass is 10.2. The minimum Gasteiger partial charge on any atom is -0.451 e. The van der Waals surface area contributed by atoms with Gasteiger partial charge in [0, 0.05) is 15.9 Å². The third-order valence-corrected chi connectivity index (χ3v) is 5.36. The molecule has 1 saturated carbocycles. The Morgan fingerprint density at radius 2 is 1.83 bits per heavy atom. The zero-order valence-corrected chi connectivity index (χ0v) is 14.7. The number of hydrogen-bond donors (Lipinski definition) is 1. The first-order valence-corrected chi connectivity index (χ1v) is 9.13. The molecule has 126 valence electrons. The molecule has 0 unspecified atom stereocenters. The van der Waals surface area contributed by atoms with Crippen LogP contribution in [-0.2, 0) is 9.53 Å². The van der Waals surface area contributed by atoms with Gasteiger partial charge >= 0.3 is 5.97 Å².